The topological polar surface area (TPSA) is 56.2 Å². The van der Waals surface area contributed by atoms with E-state index in [1.54, 1.807) is 35.9 Å². The van der Waals surface area contributed by atoms with Gasteiger partial charge in [0.25, 0.3) is 0 Å². The fourth-order valence-electron chi connectivity index (χ4n) is 3.26. The number of aryl methyl sites for hydroxylation is 1. The highest BCUT2D eigenvalue weighted by molar-refractivity contribution is 5.79. The monoisotopic (exact) mass is 417 g/mol. The normalized spacial score (nSPS) is 12.1. The first-order chi connectivity index (χ1) is 14.2. The molecule has 3 aromatic rings. The summed E-state index contributed by atoms with van der Waals surface area (Å²) in [6.07, 6.45) is 0.108. The first-order valence-electron chi connectivity index (χ1n) is 9.39. The molecule has 2 aromatic carbocycles. The minimum absolute atomic E-state index is 0.0378. The number of alkyl halides is 2. The molecule has 0 bridgehead atoms. The number of amides is 1. The summed E-state index contributed by atoms with van der Waals surface area (Å²) >= 11 is 0. The van der Waals surface area contributed by atoms with Crippen molar-refractivity contribution in [1.29, 1.82) is 0 Å². The van der Waals surface area contributed by atoms with Crippen LogP contribution in [0.25, 0.3) is 5.69 Å². The number of ether oxygens (including phenoxy) is 1. The molecular weight excluding hydrogens is 395 g/mol. The number of nitrogens with zero attached hydrogens (tertiary/aromatic N) is 2. The zero-order valence-electron chi connectivity index (χ0n) is 16.8. The quantitative estimate of drug-likeness (QED) is 0.609. The van der Waals surface area contributed by atoms with Crippen molar-refractivity contribution in [3.05, 3.63) is 76.9 Å². The van der Waals surface area contributed by atoms with Gasteiger partial charge in [0.1, 0.15) is 11.6 Å². The van der Waals surface area contributed by atoms with Gasteiger partial charge >= 0.3 is 6.61 Å². The summed E-state index contributed by atoms with van der Waals surface area (Å²) in [5.74, 6) is -0.528. The van der Waals surface area contributed by atoms with Gasteiger partial charge in [-0.15, -0.1) is 0 Å². The minimum atomic E-state index is -2.91. The zero-order chi connectivity index (χ0) is 21.8. The number of halogens is 3. The maximum absolute atomic E-state index is 13.2. The highest BCUT2D eigenvalue weighted by Gasteiger charge is 2.18. The van der Waals surface area contributed by atoms with E-state index in [2.05, 4.69) is 15.2 Å². The van der Waals surface area contributed by atoms with Crippen LogP contribution in [0.2, 0.25) is 0 Å². The summed E-state index contributed by atoms with van der Waals surface area (Å²) in [6.45, 7) is 2.51. The fraction of sp³-hybridized carbons (Fsp3) is 0.273. The van der Waals surface area contributed by atoms with Gasteiger partial charge in [-0.05, 0) is 62.7 Å². The largest absolute Gasteiger partial charge is 0.435 e. The summed E-state index contributed by atoms with van der Waals surface area (Å²) in [6, 6.07) is 11.8. The van der Waals surface area contributed by atoms with E-state index in [-0.39, 0.29) is 23.9 Å². The molecule has 0 fully saturated rings. The van der Waals surface area contributed by atoms with E-state index >= 15 is 0 Å². The molecule has 0 radical (unpaired) electrons. The van der Waals surface area contributed by atoms with Crippen molar-refractivity contribution in [2.24, 2.45) is 0 Å². The van der Waals surface area contributed by atoms with Crippen LogP contribution >= 0.6 is 0 Å². The number of nitrogens with one attached hydrogen (secondary N) is 1. The zero-order valence-corrected chi connectivity index (χ0v) is 16.8. The highest BCUT2D eigenvalue weighted by Crippen LogP contribution is 2.22. The Morgan fingerprint density at radius 3 is 2.53 bits per heavy atom. The molecule has 1 heterocycles. The maximum Gasteiger partial charge on any atom is 0.387 e. The fourth-order valence-corrected chi connectivity index (χ4v) is 3.26. The average Bonchev–Trinajstić information content (AvgIpc) is 2.96. The third-order valence-electron chi connectivity index (χ3n) is 4.81. The second-order valence-electron chi connectivity index (χ2n) is 6.95. The van der Waals surface area contributed by atoms with E-state index in [0.29, 0.717) is 16.9 Å². The third kappa shape index (κ3) is 5.00. The number of carbonyl (C=O) groups excluding carboxylic acids is 1. The lowest BCUT2D eigenvalue weighted by molar-refractivity contribution is -0.121. The Morgan fingerprint density at radius 1 is 1.17 bits per heavy atom. The van der Waals surface area contributed by atoms with Gasteiger partial charge in [-0.3, -0.25) is 4.79 Å². The Hall–Kier alpha value is -3.29. The highest BCUT2D eigenvalue weighted by atomic mass is 19.3. The Bertz CT molecular complexity index is 1030. The molecule has 1 amide bonds. The van der Waals surface area contributed by atoms with Crippen molar-refractivity contribution < 1.29 is 22.7 Å². The van der Waals surface area contributed by atoms with Crippen LogP contribution in [0.4, 0.5) is 13.2 Å². The molecule has 0 spiro atoms. The number of aromatic nitrogens is 2. The number of carbonyl (C=O) groups is 1. The Kier molecular flexibility index (Phi) is 6.44. The molecule has 1 N–H and O–H groups in total. The molecule has 8 heteroatoms. The van der Waals surface area contributed by atoms with Gasteiger partial charge < -0.3 is 10.1 Å². The van der Waals surface area contributed by atoms with Gasteiger partial charge in [0.2, 0.25) is 5.91 Å². The van der Waals surface area contributed by atoms with Crippen LogP contribution in [0.3, 0.4) is 0 Å². The summed E-state index contributed by atoms with van der Waals surface area (Å²) in [5, 5.41) is 7.33. The summed E-state index contributed by atoms with van der Waals surface area (Å²) in [4.78, 5) is 12.6. The Morgan fingerprint density at radius 2 is 1.87 bits per heavy atom. The van der Waals surface area contributed by atoms with Crippen LogP contribution in [0.15, 0.2) is 48.5 Å². The van der Waals surface area contributed by atoms with Crippen LogP contribution < -0.4 is 10.1 Å². The van der Waals surface area contributed by atoms with Gasteiger partial charge in [0.05, 0.1) is 23.8 Å². The molecule has 5 nitrogen and oxygen atoms in total. The molecule has 1 aromatic heterocycles. The van der Waals surface area contributed by atoms with Crippen molar-refractivity contribution in [2.75, 3.05) is 0 Å². The smallest absolute Gasteiger partial charge is 0.387 e. The van der Waals surface area contributed by atoms with Gasteiger partial charge in [-0.2, -0.15) is 13.9 Å². The van der Waals surface area contributed by atoms with Gasteiger partial charge in [0.15, 0.2) is 0 Å². The SMILES string of the molecule is Cc1nn(-c2ccc(F)cc2)c(C)c1CC(=O)NC(C)c1cccc(OC(F)F)c1. The summed E-state index contributed by atoms with van der Waals surface area (Å²) in [5.41, 5.74) is 3.62. The van der Waals surface area contributed by atoms with E-state index < -0.39 is 12.7 Å². The Labute approximate surface area is 172 Å². The van der Waals surface area contributed by atoms with Crippen LogP contribution in [0, 0.1) is 19.7 Å². The van der Waals surface area contributed by atoms with Gasteiger partial charge in [0, 0.05) is 11.3 Å². The predicted octanol–water partition coefficient (Wildman–Crippen LogP) is 4.65. The third-order valence-corrected chi connectivity index (χ3v) is 4.81. The molecule has 0 aliphatic heterocycles. The molecule has 0 aliphatic rings. The van der Waals surface area contributed by atoms with Crippen LogP contribution in [-0.4, -0.2) is 22.3 Å². The van der Waals surface area contributed by atoms with Crippen molar-refractivity contribution in [3.8, 4) is 11.4 Å². The lowest BCUT2D eigenvalue weighted by atomic mass is 10.1. The van der Waals surface area contributed by atoms with E-state index in [1.165, 1.54) is 24.3 Å². The van der Waals surface area contributed by atoms with Gasteiger partial charge in [-0.1, -0.05) is 12.1 Å². The molecule has 30 heavy (non-hydrogen) atoms. The number of benzene rings is 2. The molecular formula is C22H22F3N3O2. The van der Waals surface area contributed by atoms with E-state index in [4.69, 9.17) is 0 Å². The summed E-state index contributed by atoms with van der Waals surface area (Å²) < 4.78 is 44.1. The Balaban J connectivity index is 1.71. The van der Waals surface area contributed by atoms with Crippen LogP contribution in [-0.2, 0) is 11.2 Å². The van der Waals surface area contributed by atoms with Gasteiger partial charge in [-0.25, -0.2) is 9.07 Å². The molecule has 0 aliphatic carbocycles. The summed E-state index contributed by atoms with van der Waals surface area (Å²) in [7, 11) is 0. The first kappa shape index (κ1) is 21.4. The molecule has 1 atom stereocenters. The molecule has 3 rings (SSSR count). The lowest BCUT2D eigenvalue weighted by Crippen LogP contribution is -2.28. The van der Waals surface area contributed by atoms with Crippen molar-refractivity contribution in [1.82, 2.24) is 15.1 Å². The number of hydrogen-bond acceptors (Lipinski definition) is 3. The first-order valence-corrected chi connectivity index (χ1v) is 9.39. The second kappa shape index (κ2) is 9.02. The maximum atomic E-state index is 13.2. The van der Waals surface area contributed by atoms with Crippen LogP contribution in [0.1, 0.15) is 35.5 Å². The second-order valence-corrected chi connectivity index (χ2v) is 6.95. The van der Waals surface area contributed by atoms with Crippen molar-refractivity contribution in [2.45, 2.75) is 39.8 Å². The predicted molar refractivity (Wildman–Crippen MR) is 106 cm³/mol. The van der Waals surface area contributed by atoms with Crippen LogP contribution in [0.5, 0.6) is 5.75 Å². The molecule has 0 saturated heterocycles. The average molecular weight is 417 g/mol. The minimum Gasteiger partial charge on any atom is -0.435 e. The van der Waals surface area contributed by atoms with Crippen molar-refractivity contribution >= 4 is 5.91 Å². The number of rotatable bonds is 7. The van der Waals surface area contributed by atoms with E-state index in [1.807, 2.05) is 13.8 Å². The molecule has 158 valence electrons. The van der Waals surface area contributed by atoms with E-state index in [0.717, 1.165) is 11.3 Å². The van der Waals surface area contributed by atoms with Crippen molar-refractivity contribution in [3.63, 3.8) is 0 Å². The molecule has 0 saturated carbocycles. The lowest BCUT2D eigenvalue weighted by Gasteiger charge is -2.16. The van der Waals surface area contributed by atoms with E-state index in [9.17, 15) is 18.0 Å². The standard InChI is InChI=1S/C22H22F3N3O2/c1-13(16-5-4-6-19(11-16)30-22(24)25)26-21(29)12-20-14(2)27-28(15(20)3)18-9-7-17(23)8-10-18/h4-11,13,22H,12H2,1-3H3,(H,26,29). The molecule has 1 unspecified atom stereocenters. The number of hydrogen-bond donors (Lipinski definition) is 1.